The van der Waals surface area contributed by atoms with E-state index in [9.17, 15) is 4.79 Å². The molecule has 1 aromatic rings. The molecule has 4 saturated carbocycles. The number of hydrogen-bond acceptors (Lipinski definition) is 3. The van der Waals surface area contributed by atoms with Crippen LogP contribution < -0.4 is 0 Å². The molecule has 1 aromatic heterocycles. The van der Waals surface area contributed by atoms with Crippen LogP contribution >= 0.6 is 0 Å². The molecule has 0 radical (unpaired) electrons. The van der Waals surface area contributed by atoms with Crippen molar-refractivity contribution in [2.75, 3.05) is 0 Å². The Morgan fingerprint density at radius 1 is 1.20 bits per heavy atom. The molecule has 4 nitrogen and oxygen atoms in total. The van der Waals surface area contributed by atoms with Gasteiger partial charge in [-0.1, -0.05) is 0 Å². The van der Waals surface area contributed by atoms with E-state index in [0.29, 0.717) is 12.3 Å². The summed E-state index contributed by atoms with van der Waals surface area (Å²) in [7, 11) is 0. The van der Waals surface area contributed by atoms with Gasteiger partial charge in [-0.3, -0.25) is 4.79 Å². The highest BCUT2D eigenvalue weighted by Crippen LogP contribution is 2.59. The lowest BCUT2D eigenvalue weighted by Gasteiger charge is -2.53. The second-order valence-corrected chi connectivity index (χ2v) is 7.02. The summed E-state index contributed by atoms with van der Waals surface area (Å²) in [5, 5.41) is 8.73. The van der Waals surface area contributed by atoms with Gasteiger partial charge in [0.2, 0.25) is 0 Å². The van der Waals surface area contributed by atoms with E-state index < -0.39 is 5.97 Å². The first-order valence-corrected chi connectivity index (χ1v) is 7.85. The Bertz CT molecular complexity index is 494. The van der Waals surface area contributed by atoms with Crippen LogP contribution in [0, 0.1) is 23.7 Å². The third-order valence-electron chi connectivity index (χ3n) is 5.67. The number of rotatable bonds is 4. The van der Waals surface area contributed by atoms with E-state index in [2.05, 4.69) is 4.98 Å². The summed E-state index contributed by atoms with van der Waals surface area (Å²) in [6, 6.07) is 0. The fraction of sp³-hybridized carbons (Fsp3) is 0.750. The summed E-state index contributed by atoms with van der Waals surface area (Å²) in [5.41, 5.74) is 0. The van der Waals surface area contributed by atoms with Crippen LogP contribution in [0.1, 0.15) is 56.1 Å². The summed E-state index contributed by atoms with van der Waals surface area (Å²) in [6.45, 7) is 0. The predicted molar refractivity (Wildman–Crippen MR) is 72.2 cm³/mol. The Labute approximate surface area is 118 Å². The molecule has 0 unspecified atom stereocenters. The molecule has 1 N–H and O–H groups in total. The molecule has 0 spiro atoms. The Balaban J connectivity index is 1.51. The van der Waals surface area contributed by atoms with E-state index in [1.165, 1.54) is 32.1 Å². The minimum absolute atomic E-state index is 0.121. The summed E-state index contributed by atoms with van der Waals surface area (Å²) < 4.78 is 5.89. The average Bonchev–Trinajstić information content (AvgIpc) is 2.83. The molecule has 5 rings (SSSR count). The minimum Gasteiger partial charge on any atom is -0.481 e. The second-order valence-electron chi connectivity index (χ2n) is 7.02. The maximum Gasteiger partial charge on any atom is 0.303 e. The van der Waals surface area contributed by atoms with Gasteiger partial charge in [0.25, 0.3) is 0 Å². The smallest absolute Gasteiger partial charge is 0.303 e. The summed E-state index contributed by atoms with van der Waals surface area (Å²) in [6.07, 6.45) is 9.18. The van der Waals surface area contributed by atoms with Gasteiger partial charge >= 0.3 is 5.97 Å². The predicted octanol–water partition coefficient (Wildman–Crippen LogP) is 3.23. The van der Waals surface area contributed by atoms with Crippen molar-refractivity contribution >= 4 is 5.97 Å². The molecule has 1 heterocycles. The molecular weight excluding hydrogens is 254 g/mol. The van der Waals surface area contributed by atoms with Gasteiger partial charge in [-0.15, -0.1) is 0 Å². The highest BCUT2D eigenvalue weighted by atomic mass is 16.4. The van der Waals surface area contributed by atoms with Crippen LogP contribution in [0.3, 0.4) is 0 Å². The quantitative estimate of drug-likeness (QED) is 0.916. The average molecular weight is 275 g/mol. The van der Waals surface area contributed by atoms with Crippen molar-refractivity contribution in [3.8, 4) is 0 Å². The monoisotopic (exact) mass is 275 g/mol. The van der Waals surface area contributed by atoms with Gasteiger partial charge in [-0.2, -0.15) is 0 Å². The topological polar surface area (TPSA) is 63.3 Å². The van der Waals surface area contributed by atoms with Gasteiger partial charge in [0.05, 0.1) is 12.6 Å². The first-order valence-electron chi connectivity index (χ1n) is 7.85. The molecule has 4 heteroatoms. The van der Waals surface area contributed by atoms with Crippen LogP contribution in [0.15, 0.2) is 10.6 Å². The molecule has 0 amide bonds. The van der Waals surface area contributed by atoms with Crippen LogP contribution in [-0.2, 0) is 11.2 Å². The molecule has 0 aromatic carbocycles. The Kier molecular flexibility index (Phi) is 2.86. The zero-order valence-corrected chi connectivity index (χ0v) is 11.6. The van der Waals surface area contributed by atoms with Gasteiger partial charge in [0, 0.05) is 12.3 Å². The first kappa shape index (κ1) is 12.4. The lowest BCUT2D eigenvalue weighted by Crippen LogP contribution is -2.43. The van der Waals surface area contributed by atoms with E-state index >= 15 is 0 Å². The Morgan fingerprint density at radius 2 is 1.85 bits per heavy atom. The van der Waals surface area contributed by atoms with Crippen molar-refractivity contribution < 1.29 is 14.3 Å². The highest BCUT2D eigenvalue weighted by Gasteiger charge is 2.50. The lowest BCUT2D eigenvalue weighted by molar-refractivity contribution is -0.137. The Hall–Kier alpha value is -1.32. The molecule has 108 valence electrons. The normalized spacial score (nSPS) is 38.3. The van der Waals surface area contributed by atoms with Crippen LogP contribution in [0.2, 0.25) is 0 Å². The van der Waals surface area contributed by atoms with Crippen molar-refractivity contribution in [2.45, 2.75) is 50.9 Å². The van der Waals surface area contributed by atoms with Crippen molar-refractivity contribution in [1.82, 2.24) is 4.98 Å². The number of carboxylic acids is 1. The second kappa shape index (κ2) is 4.61. The number of carboxylic acid groups (broad SMARTS) is 1. The van der Waals surface area contributed by atoms with Gasteiger partial charge in [0.1, 0.15) is 5.76 Å². The minimum atomic E-state index is -0.780. The van der Waals surface area contributed by atoms with E-state index in [4.69, 9.17) is 9.52 Å². The number of carbonyl (C=O) groups is 1. The zero-order valence-electron chi connectivity index (χ0n) is 11.6. The number of aliphatic carboxylic acids is 1. The van der Waals surface area contributed by atoms with Gasteiger partial charge < -0.3 is 9.52 Å². The van der Waals surface area contributed by atoms with E-state index in [1.807, 2.05) is 0 Å². The number of oxazole rings is 1. The van der Waals surface area contributed by atoms with Crippen molar-refractivity contribution in [2.24, 2.45) is 23.7 Å². The highest BCUT2D eigenvalue weighted by molar-refractivity contribution is 5.66. The molecule has 4 bridgehead atoms. The molecule has 4 aliphatic carbocycles. The molecule has 0 aliphatic heterocycles. The first-order chi connectivity index (χ1) is 9.69. The van der Waals surface area contributed by atoms with Crippen LogP contribution in [0.25, 0.3) is 0 Å². The maximum atomic E-state index is 10.6. The summed E-state index contributed by atoms with van der Waals surface area (Å²) >= 11 is 0. The number of hydrogen-bond donors (Lipinski definition) is 1. The number of aryl methyl sites for hydroxylation is 1. The molecule has 0 saturated heterocycles. The van der Waals surface area contributed by atoms with Crippen LogP contribution in [0.5, 0.6) is 0 Å². The molecular formula is C16H21NO3. The molecule has 20 heavy (non-hydrogen) atoms. The summed E-state index contributed by atoms with van der Waals surface area (Å²) in [4.78, 5) is 15.1. The largest absolute Gasteiger partial charge is 0.481 e. The zero-order chi connectivity index (χ0) is 13.7. The van der Waals surface area contributed by atoms with Gasteiger partial charge in [-0.05, 0) is 55.8 Å². The van der Waals surface area contributed by atoms with Crippen molar-refractivity contribution in [3.63, 3.8) is 0 Å². The lowest BCUT2D eigenvalue weighted by atomic mass is 9.52. The van der Waals surface area contributed by atoms with Crippen molar-refractivity contribution in [3.05, 3.63) is 17.8 Å². The van der Waals surface area contributed by atoms with E-state index in [-0.39, 0.29) is 6.42 Å². The van der Waals surface area contributed by atoms with Gasteiger partial charge in [-0.25, -0.2) is 4.98 Å². The third-order valence-corrected chi connectivity index (χ3v) is 5.67. The number of aromatic nitrogens is 1. The molecule has 4 aliphatic rings. The molecule has 0 atom stereocenters. The van der Waals surface area contributed by atoms with Gasteiger partial charge in [0.15, 0.2) is 5.89 Å². The number of nitrogens with zero attached hydrogens (tertiary/aromatic N) is 1. The van der Waals surface area contributed by atoms with Crippen LogP contribution in [-0.4, -0.2) is 16.1 Å². The van der Waals surface area contributed by atoms with E-state index in [0.717, 1.165) is 35.3 Å². The van der Waals surface area contributed by atoms with Crippen LogP contribution in [0.4, 0.5) is 0 Å². The van der Waals surface area contributed by atoms with E-state index in [1.54, 1.807) is 6.20 Å². The van der Waals surface area contributed by atoms with Crippen molar-refractivity contribution in [1.29, 1.82) is 0 Å². The third kappa shape index (κ3) is 2.05. The summed E-state index contributed by atoms with van der Waals surface area (Å²) in [5.74, 6) is 4.77. The maximum absolute atomic E-state index is 10.6. The SMILES string of the molecule is O=C(O)CCc1cnc(C2C3CC4CC(C3)CC2C4)o1. The fourth-order valence-electron chi connectivity index (χ4n) is 5.15. The Morgan fingerprint density at radius 3 is 2.45 bits per heavy atom. The molecule has 4 fully saturated rings. The fourth-order valence-corrected chi connectivity index (χ4v) is 5.15. The standard InChI is InChI=1S/C16H21NO3/c18-14(19)2-1-13-8-17-16(20-13)15-11-4-9-3-10(6-11)7-12(15)5-9/h8-12,15H,1-7H2,(H,18,19).